The van der Waals surface area contributed by atoms with Gasteiger partial charge in [-0.15, -0.1) is 11.3 Å². The van der Waals surface area contributed by atoms with Gasteiger partial charge >= 0.3 is 0 Å². The number of sulfone groups is 1. The second-order valence-electron chi connectivity index (χ2n) is 5.83. The quantitative estimate of drug-likeness (QED) is 0.862. The molecule has 0 aliphatic rings. The first-order valence-electron chi connectivity index (χ1n) is 6.32. The SMILES string of the molecule is CC(C)(C)c1csc(CS(=O)(=O)c2cc(N)ccc2Cl)n1. The molecule has 0 aliphatic heterocycles. The molecule has 0 atom stereocenters. The predicted molar refractivity (Wildman–Crippen MR) is 87.6 cm³/mol. The summed E-state index contributed by atoms with van der Waals surface area (Å²) in [6.07, 6.45) is 0. The van der Waals surface area contributed by atoms with Gasteiger partial charge in [-0.25, -0.2) is 13.4 Å². The molecule has 4 nitrogen and oxygen atoms in total. The van der Waals surface area contributed by atoms with Crippen molar-refractivity contribution in [1.29, 1.82) is 0 Å². The number of benzene rings is 1. The Kier molecular flexibility index (Phi) is 4.33. The molecule has 0 unspecified atom stereocenters. The van der Waals surface area contributed by atoms with Gasteiger partial charge in [-0.05, 0) is 18.2 Å². The second-order valence-corrected chi connectivity index (χ2v) is 9.13. The highest BCUT2D eigenvalue weighted by atomic mass is 35.5. The Morgan fingerprint density at radius 3 is 2.57 bits per heavy atom. The van der Waals surface area contributed by atoms with Gasteiger partial charge in [-0.2, -0.15) is 0 Å². The lowest BCUT2D eigenvalue weighted by Gasteiger charge is -2.14. The van der Waals surface area contributed by atoms with Crippen LogP contribution in [-0.2, 0) is 21.0 Å². The van der Waals surface area contributed by atoms with E-state index in [1.54, 1.807) is 6.07 Å². The molecular weight excluding hydrogens is 328 g/mol. The lowest BCUT2D eigenvalue weighted by molar-refractivity contribution is 0.570. The van der Waals surface area contributed by atoms with E-state index in [2.05, 4.69) is 4.98 Å². The van der Waals surface area contributed by atoms with E-state index in [1.165, 1.54) is 23.5 Å². The summed E-state index contributed by atoms with van der Waals surface area (Å²) in [5.74, 6) is -0.170. The molecular formula is C14H17ClN2O2S2. The zero-order valence-electron chi connectivity index (χ0n) is 12.1. The Hall–Kier alpha value is -1.11. The van der Waals surface area contributed by atoms with E-state index in [-0.39, 0.29) is 21.1 Å². The van der Waals surface area contributed by atoms with E-state index < -0.39 is 9.84 Å². The highest BCUT2D eigenvalue weighted by molar-refractivity contribution is 7.90. The van der Waals surface area contributed by atoms with Crippen molar-refractivity contribution >= 4 is 38.5 Å². The van der Waals surface area contributed by atoms with E-state index in [4.69, 9.17) is 17.3 Å². The van der Waals surface area contributed by atoms with Gasteiger partial charge in [0.2, 0.25) is 0 Å². The first-order valence-corrected chi connectivity index (χ1v) is 9.23. The molecule has 114 valence electrons. The number of hydrogen-bond acceptors (Lipinski definition) is 5. The van der Waals surface area contributed by atoms with E-state index >= 15 is 0 Å². The first-order chi connectivity index (χ1) is 9.59. The summed E-state index contributed by atoms with van der Waals surface area (Å²) in [6.45, 7) is 6.11. The van der Waals surface area contributed by atoms with Crippen LogP contribution in [0.2, 0.25) is 5.02 Å². The third-order valence-corrected chi connectivity index (χ3v) is 6.06. The summed E-state index contributed by atoms with van der Waals surface area (Å²) in [7, 11) is -3.56. The molecule has 2 aromatic rings. The molecule has 0 amide bonds. The van der Waals surface area contributed by atoms with Crippen LogP contribution in [-0.4, -0.2) is 13.4 Å². The third-order valence-electron chi connectivity index (χ3n) is 2.92. The Labute approximate surface area is 133 Å². The molecule has 1 aromatic heterocycles. The molecule has 1 aromatic carbocycles. The lowest BCUT2D eigenvalue weighted by Crippen LogP contribution is -2.12. The number of rotatable bonds is 3. The molecule has 2 N–H and O–H groups in total. The molecule has 7 heteroatoms. The summed E-state index contributed by atoms with van der Waals surface area (Å²) >= 11 is 7.32. The number of nitrogens with two attached hydrogens (primary N) is 1. The average molecular weight is 345 g/mol. The van der Waals surface area contributed by atoms with Crippen molar-refractivity contribution in [3.63, 3.8) is 0 Å². The molecule has 0 saturated heterocycles. The minimum Gasteiger partial charge on any atom is -0.399 e. The maximum Gasteiger partial charge on any atom is 0.186 e. The number of halogens is 1. The number of aromatic nitrogens is 1. The van der Waals surface area contributed by atoms with Crippen LogP contribution in [0.1, 0.15) is 31.5 Å². The number of nitrogens with zero attached hydrogens (tertiary/aromatic N) is 1. The molecule has 0 spiro atoms. The zero-order chi connectivity index (χ0) is 15.8. The van der Waals surface area contributed by atoms with Gasteiger partial charge in [-0.1, -0.05) is 32.4 Å². The van der Waals surface area contributed by atoms with Gasteiger partial charge in [0.1, 0.15) is 10.8 Å². The van der Waals surface area contributed by atoms with E-state index in [0.29, 0.717) is 10.7 Å². The summed E-state index contributed by atoms with van der Waals surface area (Å²) in [5.41, 5.74) is 6.79. The molecule has 1 heterocycles. The minimum absolute atomic E-state index is 0.0525. The van der Waals surface area contributed by atoms with Crippen molar-refractivity contribution in [2.45, 2.75) is 36.8 Å². The van der Waals surface area contributed by atoms with Gasteiger partial charge in [0.05, 0.1) is 15.6 Å². The van der Waals surface area contributed by atoms with Crippen LogP contribution >= 0.6 is 22.9 Å². The summed E-state index contributed by atoms with van der Waals surface area (Å²) < 4.78 is 24.9. The van der Waals surface area contributed by atoms with Crippen LogP contribution in [0, 0.1) is 0 Å². The van der Waals surface area contributed by atoms with Gasteiger partial charge in [0.25, 0.3) is 0 Å². The maximum atomic E-state index is 12.5. The maximum absolute atomic E-state index is 12.5. The molecule has 0 radical (unpaired) electrons. The number of nitrogen functional groups attached to an aromatic ring is 1. The van der Waals surface area contributed by atoms with E-state index in [0.717, 1.165) is 5.69 Å². The fourth-order valence-corrected chi connectivity index (χ4v) is 4.96. The van der Waals surface area contributed by atoms with Gasteiger partial charge < -0.3 is 5.73 Å². The summed E-state index contributed by atoms with van der Waals surface area (Å²) in [5, 5.41) is 2.63. The zero-order valence-corrected chi connectivity index (χ0v) is 14.4. The van der Waals surface area contributed by atoms with Crippen molar-refractivity contribution in [1.82, 2.24) is 4.98 Å². The van der Waals surface area contributed by atoms with E-state index in [1.807, 2.05) is 26.2 Å². The third kappa shape index (κ3) is 3.75. The van der Waals surface area contributed by atoms with Gasteiger partial charge in [0, 0.05) is 16.5 Å². The first kappa shape index (κ1) is 16.3. The van der Waals surface area contributed by atoms with E-state index in [9.17, 15) is 8.42 Å². The minimum atomic E-state index is -3.56. The van der Waals surface area contributed by atoms with Crippen molar-refractivity contribution in [3.05, 3.63) is 39.3 Å². The highest BCUT2D eigenvalue weighted by Gasteiger charge is 2.23. The molecule has 0 bridgehead atoms. The Balaban J connectivity index is 2.34. The smallest absolute Gasteiger partial charge is 0.186 e. The van der Waals surface area contributed by atoms with Crippen molar-refractivity contribution in [3.8, 4) is 0 Å². The fourth-order valence-electron chi connectivity index (χ4n) is 1.72. The summed E-state index contributed by atoms with van der Waals surface area (Å²) in [6, 6.07) is 4.45. The lowest BCUT2D eigenvalue weighted by atomic mass is 9.93. The number of anilines is 1. The summed E-state index contributed by atoms with van der Waals surface area (Å²) in [4.78, 5) is 4.46. The topological polar surface area (TPSA) is 73.0 Å². The fraction of sp³-hybridized carbons (Fsp3) is 0.357. The Morgan fingerprint density at radius 2 is 2.00 bits per heavy atom. The monoisotopic (exact) mass is 344 g/mol. The number of thiazole rings is 1. The number of hydrogen-bond donors (Lipinski definition) is 1. The van der Waals surface area contributed by atoms with Crippen LogP contribution in [0.4, 0.5) is 5.69 Å². The Bertz CT molecular complexity index is 762. The average Bonchev–Trinajstić information content (AvgIpc) is 2.79. The van der Waals surface area contributed by atoms with Gasteiger partial charge in [-0.3, -0.25) is 0 Å². The van der Waals surface area contributed by atoms with Crippen LogP contribution in [0.15, 0.2) is 28.5 Å². The molecule has 2 rings (SSSR count). The largest absolute Gasteiger partial charge is 0.399 e. The van der Waals surface area contributed by atoms with Crippen molar-refractivity contribution < 1.29 is 8.42 Å². The van der Waals surface area contributed by atoms with Crippen molar-refractivity contribution in [2.24, 2.45) is 0 Å². The second kappa shape index (κ2) is 5.59. The molecule has 0 saturated carbocycles. The highest BCUT2D eigenvalue weighted by Crippen LogP contribution is 2.29. The predicted octanol–water partition coefficient (Wildman–Crippen LogP) is 3.65. The molecule has 0 aliphatic carbocycles. The van der Waals surface area contributed by atoms with Crippen LogP contribution in [0.3, 0.4) is 0 Å². The van der Waals surface area contributed by atoms with Crippen LogP contribution in [0.5, 0.6) is 0 Å². The Morgan fingerprint density at radius 1 is 1.33 bits per heavy atom. The molecule has 21 heavy (non-hydrogen) atoms. The molecule has 0 fully saturated rings. The standard InChI is InChI=1S/C14H17ClN2O2S2/c1-14(2,3)12-7-20-13(17-12)8-21(18,19)11-6-9(16)4-5-10(11)15/h4-7H,8,16H2,1-3H3. The van der Waals surface area contributed by atoms with Crippen LogP contribution < -0.4 is 5.73 Å². The van der Waals surface area contributed by atoms with Gasteiger partial charge in [0.15, 0.2) is 9.84 Å². The normalized spacial score (nSPS) is 12.6. The van der Waals surface area contributed by atoms with Crippen molar-refractivity contribution in [2.75, 3.05) is 5.73 Å². The van der Waals surface area contributed by atoms with Crippen LogP contribution in [0.25, 0.3) is 0 Å².